The van der Waals surface area contributed by atoms with E-state index in [1.165, 1.54) is 26.2 Å². The van der Waals surface area contributed by atoms with E-state index in [4.69, 9.17) is 9.84 Å². The summed E-state index contributed by atoms with van der Waals surface area (Å²) in [5.74, 6) is -5.74. The molecule has 0 aliphatic carbocycles. The molecule has 35 heavy (non-hydrogen) atoms. The fourth-order valence-electron chi connectivity index (χ4n) is 2.56. The SMILES string of the molecule is Cc1cc(OCC(C)(C)C(=O)O)ncc1-c1ccc(-c2nc(OCC(F)(F)C(F)(F)F)n[nH]2)cn1. The number of aliphatic carboxylic acids is 1. The topological polar surface area (TPSA) is 123 Å². The van der Waals surface area contributed by atoms with Crippen LogP contribution >= 0.6 is 0 Å². The Kier molecular flexibility index (Phi) is 6.94. The van der Waals surface area contributed by atoms with Gasteiger partial charge < -0.3 is 14.6 Å². The van der Waals surface area contributed by atoms with Crippen molar-refractivity contribution >= 4 is 5.97 Å². The standard InChI is InChI=1S/C21H20F5N5O4/c1-11-6-15(34-9-19(2,3)17(32)33)28-8-13(11)14-5-4-12(7-27-14)16-29-18(31-30-16)35-10-20(22,23)21(24,25)26/h4-8H,9-10H2,1-3H3,(H,32,33)(H,29,30,31). The highest BCUT2D eigenvalue weighted by Crippen LogP contribution is 2.35. The Balaban J connectivity index is 1.68. The van der Waals surface area contributed by atoms with Gasteiger partial charge in [-0.2, -0.15) is 26.9 Å². The summed E-state index contributed by atoms with van der Waals surface area (Å²) in [4.78, 5) is 23.4. The van der Waals surface area contributed by atoms with Crippen molar-refractivity contribution in [3.63, 3.8) is 0 Å². The molecule has 188 valence electrons. The highest BCUT2D eigenvalue weighted by Gasteiger charge is 2.58. The Hall–Kier alpha value is -3.84. The fourth-order valence-corrected chi connectivity index (χ4v) is 2.56. The molecule has 0 aromatic carbocycles. The molecule has 2 N–H and O–H groups in total. The molecule has 3 rings (SSSR count). The smallest absolute Gasteiger partial charge is 0.456 e. The molecule has 0 radical (unpaired) electrons. The van der Waals surface area contributed by atoms with Crippen molar-refractivity contribution < 1.29 is 41.3 Å². The third kappa shape index (κ3) is 6.00. The Bertz CT molecular complexity index is 1200. The average molecular weight is 501 g/mol. The summed E-state index contributed by atoms with van der Waals surface area (Å²) >= 11 is 0. The number of aromatic nitrogens is 5. The van der Waals surface area contributed by atoms with Crippen LogP contribution in [0.25, 0.3) is 22.6 Å². The van der Waals surface area contributed by atoms with Gasteiger partial charge in [-0.1, -0.05) is 0 Å². The molecule has 0 fully saturated rings. The minimum atomic E-state index is -5.75. The average Bonchev–Trinajstić information content (AvgIpc) is 3.25. The molecule has 0 aliphatic heterocycles. The lowest BCUT2D eigenvalue weighted by molar-refractivity contribution is -0.290. The third-order valence-electron chi connectivity index (χ3n) is 4.82. The van der Waals surface area contributed by atoms with Gasteiger partial charge in [0.1, 0.15) is 6.61 Å². The van der Waals surface area contributed by atoms with Gasteiger partial charge in [-0.3, -0.25) is 14.9 Å². The number of carbonyl (C=O) groups is 1. The van der Waals surface area contributed by atoms with Gasteiger partial charge in [0, 0.05) is 29.6 Å². The first-order valence-corrected chi connectivity index (χ1v) is 9.99. The van der Waals surface area contributed by atoms with E-state index in [9.17, 15) is 26.7 Å². The van der Waals surface area contributed by atoms with Crippen LogP contribution in [0.3, 0.4) is 0 Å². The van der Waals surface area contributed by atoms with E-state index >= 15 is 0 Å². The number of aromatic amines is 1. The molecular weight excluding hydrogens is 481 g/mol. The number of carboxylic acid groups (broad SMARTS) is 1. The molecule has 9 nitrogen and oxygen atoms in total. The predicted molar refractivity (Wildman–Crippen MR) is 111 cm³/mol. The van der Waals surface area contributed by atoms with Gasteiger partial charge in [0.05, 0.1) is 11.1 Å². The molecule has 0 aliphatic rings. The Morgan fingerprint density at radius 2 is 1.77 bits per heavy atom. The normalized spacial score (nSPS) is 12.5. The van der Waals surface area contributed by atoms with Crippen molar-refractivity contribution in [2.75, 3.05) is 13.2 Å². The second-order valence-corrected chi connectivity index (χ2v) is 8.20. The minimum absolute atomic E-state index is 0.0500. The van der Waals surface area contributed by atoms with Crippen LogP contribution in [0.5, 0.6) is 11.9 Å². The van der Waals surface area contributed by atoms with Crippen LogP contribution in [0, 0.1) is 12.3 Å². The molecular formula is C21H20F5N5O4. The maximum Gasteiger partial charge on any atom is 0.456 e. The van der Waals surface area contributed by atoms with Crippen LogP contribution in [0.1, 0.15) is 19.4 Å². The Morgan fingerprint density at radius 3 is 2.34 bits per heavy atom. The van der Waals surface area contributed by atoms with Gasteiger partial charge in [-0.05, 0) is 38.5 Å². The van der Waals surface area contributed by atoms with Crippen LogP contribution in [-0.2, 0) is 4.79 Å². The van der Waals surface area contributed by atoms with Crippen LogP contribution in [-0.4, -0.2) is 61.5 Å². The summed E-state index contributed by atoms with van der Waals surface area (Å²) in [5.41, 5.74) is 1.23. The number of hydrogen-bond donors (Lipinski definition) is 2. The van der Waals surface area contributed by atoms with E-state index in [0.29, 0.717) is 16.8 Å². The van der Waals surface area contributed by atoms with Crippen molar-refractivity contribution in [1.29, 1.82) is 0 Å². The lowest BCUT2D eigenvalue weighted by Gasteiger charge is -2.19. The highest BCUT2D eigenvalue weighted by atomic mass is 19.4. The largest absolute Gasteiger partial charge is 0.481 e. The minimum Gasteiger partial charge on any atom is -0.481 e. The van der Waals surface area contributed by atoms with E-state index in [1.54, 1.807) is 25.1 Å². The first kappa shape index (κ1) is 25.8. The number of carboxylic acids is 1. The first-order valence-electron chi connectivity index (χ1n) is 9.99. The van der Waals surface area contributed by atoms with Crippen molar-refractivity contribution in [3.8, 4) is 34.5 Å². The predicted octanol–water partition coefficient (Wildman–Crippen LogP) is 4.30. The van der Waals surface area contributed by atoms with Crippen LogP contribution in [0.4, 0.5) is 22.0 Å². The zero-order valence-electron chi connectivity index (χ0n) is 18.7. The fraction of sp³-hybridized carbons (Fsp3) is 0.381. The van der Waals surface area contributed by atoms with E-state index in [2.05, 4.69) is 29.9 Å². The monoisotopic (exact) mass is 501 g/mol. The van der Waals surface area contributed by atoms with Crippen LogP contribution < -0.4 is 9.47 Å². The zero-order valence-corrected chi connectivity index (χ0v) is 18.7. The van der Waals surface area contributed by atoms with E-state index in [-0.39, 0.29) is 18.3 Å². The number of rotatable bonds is 9. The lowest BCUT2D eigenvalue weighted by Crippen LogP contribution is -2.41. The molecule has 0 unspecified atom stereocenters. The molecule has 3 heterocycles. The Morgan fingerprint density at radius 1 is 1.06 bits per heavy atom. The van der Waals surface area contributed by atoms with Gasteiger partial charge in [-0.15, -0.1) is 5.10 Å². The zero-order chi connectivity index (χ0) is 26.0. The van der Waals surface area contributed by atoms with Crippen molar-refractivity contribution in [2.45, 2.75) is 32.9 Å². The Labute approximate surface area is 195 Å². The van der Waals surface area contributed by atoms with Crippen molar-refractivity contribution in [1.82, 2.24) is 25.1 Å². The van der Waals surface area contributed by atoms with Gasteiger partial charge in [0.2, 0.25) is 5.88 Å². The van der Waals surface area contributed by atoms with Gasteiger partial charge in [-0.25, -0.2) is 4.98 Å². The molecule has 3 aromatic heterocycles. The number of halogens is 5. The molecule has 0 saturated carbocycles. The second kappa shape index (κ2) is 9.43. The van der Waals surface area contributed by atoms with Crippen LogP contribution in [0.2, 0.25) is 0 Å². The van der Waals surface area contributed by atoms with Gasteiger partial charge in [0.15, 0.2) is 12.4 Å². The highest BCUT2D eigenvalue weighted by molar-refractivity contribution is 5.73. The number of hydrogen-bond acceptors (Lipinski definition) is 7. The van der Waals surface area contributed by atoms with Crippen molar-refractivity contribution in [3.05, 3.63) is 36.2 Å². The lowest BCUT2D eigenvalue weighted by atomic mass is 9.95. The van der Waals surface area contributed by atoms with Crippen LogP contribution in [0.15, 0.2) is 30.6 Å². The van der Waals surface area contributed by atoms with Gasteiger partial charge in [0.25, 0.3) is 0 Å². The molecule has 0 saturated heterocycles. The van der Waals surface area contributed by atoms with E-state index < -0.39 is 36.1 Å². The van der Waals surface area contributed by atoms with Crippen molar-refractivity contribution in [2.24, 2.45) is 5.41 Å². The molecule has 0 spiro atoms. The molecule has 0 bridgehead atoms. The van der Waals surface area contributed by atoms with E-state index in [1.807, 2.05) is 0 Å². The molecule has 3 aromatic rings. The second-order valence-electron chi connectivity index (χ2n) is 8.20. The summed E-state index contributed by atoms with van der Waals surface area (Å²) < 4.78 is 72.5. The van der Waals surface area contributed by atoms with Gasteiger partial charge >= 0.3 is 24.1 Å². The first-order chi connectivity index (χ1) is 16.2. The molecule has 0 amide bonds. The molecule has 0 atom stereocenters. The maximum absolute atomic E-state index is 13.0. The molecule has 14 heteroatoms. The number of ether oxygens (including phenoxy) is 2. The summed E-state index contributed by atoms with van der Waals surface area (Å²) in [5, 5.41) is 15.0. The number of pyridine rings is 2. The summed E-state index contributed by atoms with van der Waals surface area (Å²) in [6.45, 7) is 2.83. The number of nitrogens with one attached hydrogen (secondary N) is 1. The summed E-state index contributed by atoms with van der Waals surface area (Å²) in [7, 11) is 0. The van der Waals surface area contributed by atoms with E-state index in [0.717, 1.165) is 5.56 Å². The quantitative estimate of drug-likeness (QED) is 0.416. The number of H-pyrrole nitrogens is 1. The summed E-state index contributed by atoms with van der Waals surface area (Å²) in [6, 6.07) is 4.17. The number of alkyl halides is 5. The number of nitrogens with zero attached hydrogens (tertiary/aromatic N) is 4. The summed E-state index contributed by atoms with van der Waals surface area (Å²) in [6.07, 6.45) is -2.84. The third-order valence-corrected chi connectivity index (χ3v) is 4.82. The maximum atomic E-state index is 13.0. The number of aryl methyl sites for hydroxylation is 1.